The topological polar surface area (TPSA) is 32.8 Å². The van der Waals surface area contributed by atoms with E-state index in [-0.39, 0.29) is 16.2 Å². The van der Waals surface area contributed by atoms with Crippen molar-refractivity contribution in [1.82, 2.24) is 0 Å². The van der Waals surface area contributed by atoms with E-state index in [1.54, 1.807) is 0 Å². The standard InChI is InChI=1S/C121H98N2O2/c1-118(2,3)83-58-50-79(51-59-83)108-91-67-62-85(120(7,8)9)72-98(91)112(77-36-20-14-21-37-77)114-109(80-52-60-84(61-53-80)119(4,5)6)92-68-63-86(74-99(92)113(115(108)114)78-38-22-15-23-39-78)121(10,11)87-64-71-107-97(73-87)94-44-31-48-105(117(94)125-107)123(101-46-28-25-41-89(101)76-34-18-13-19-35-76)103-70-57-82-54-65-95-102(69-56-81-55-66-96(103)111(82)110(81)95)122(100-45-27-24-40-88(100)75-32-16-12-17-33-75)104-47-30-43-93-90-42-26-29-49-106(90)124-116(93)104/h12-56,58-64,66-74H,57,65H2,1-11H3. The molecule has 0 bridgehead atoms. The molecule has 0 unspecified atom stereocenters. The van der Waals surface area contributed by atoms with Crippen molar-refractivity contribution in [3.63, 3.8) is 0 Å². The molecule has 0 aliphatic heterocycles. The zero-order valence-electron chi connectivity index (χ0n) is 72.8. The molecule has 0 saturated carbocycles. The molecule has 22 rings (SSSR count). The maximum absolute atomic E-state index is 7.54. The van der Waals surface area contributed by atoms with Crippen molar-refractivity contribution < 1.29 is 8.83 Å². The molecule has 4 heteroatoms. The SMILES string of the molecule is CC(C)(C)c1ccc(-c2c3ccc(C(C)(C)C)cc3c(-c3ccccc3)c3c(-c4ccc(C(C)(C)C)cc4)c4ccc(C(C)(C)c5ccc6oc7c(N(C8=CCC9=CCc%10c(N(c%11ccccc%11-c%11ccccc%11)c%11cccc%12c%11oc%11ccccc%11%12)ccc%11ccc8c9c%10%11)c8ccccc8-c8ccccc8)cccc7c6c5)cc4c(-c4ccccc4)c23)cc1. The van der Waals surface area contributed by atoms with Crippen LogP contribution in [0.2, 0.25) is 0 Å². The van der Waals surface area contributed by atoms with Crippen LogP contribution in [0.4, 0.5) is 28.4 Å². The summed E-state index contributed by atoms with van der Waals surface area (Å²) in [5.41, 5.74) is 34.4. The van der Waals surface area contributed by atoms with Crippen LogP contribution in [0.15, 0.2) is 379 Å². The van der Waals surface area contributed by atoms with E-state index in [0.717, 1.165) is 113 Å². The third kappa shape index (κ3) is 12.8. The smallest absolute Gasteiger partial charge is 0.159 e. The summed E-state index contributed by atoms with van der Waals surface area (Å²) >= 11 is 0. The van der Waals surface area contributed by atoms with Crippen molar-refractivity contribution in [2.75, 3.05) is 9.80 Å². The maximum Gasteiger partial charge on any atom is 0.159 e. The molecule has 0 fully saturated rings. The summed E-state index contributed by atoms with van der Waals surface area (Å²) in [6, 6.07) is 134. The van der Waals surface area contributed by atoms with E-state index in [9.17, 15) is 0 Å². The predicted octanol–water partition coefficient (Wildman–Crippen LogP) is 34.3. The molecule has 125 heavy (non-hydrogen) atoms. The molecule has 20 aromatic rings. The van der Waals surface area contributed by atoms with Crippen molar-refractivity contribution in [3.05, 3.63) is 415 Å². The molecule has 2 aliphatic carbocycles. The second-order valence-electron chi connectivity index (χ2n) is 38.1. The van der Waals surface area contributed by atoms with Crippen molar-refractivity contribution >= 4 is 127 Å². The van der Waals surface area contributed by atoms with Crippen molar-refractivity contribution in [1.29, 1.82) is 0 Å². The molecule has 0 atom stereocenters. The van der Waals surface area contributed by atoms with Gasteiger partial charge in [-0.1, -0.05) is 386 Å². The van der Waals surface area contributed by atoms with E-state index in [1.165, 1.54) is 138 Å². The minimum atomic E-state index is -0.535. The van der Waals surface area contributed by atoms with Gasteiger partial charge in [-0.15, -0.1) is 0 Å². The predicted molar refractivity (Wildman–Crippen MR) is 532 cm³/mol. The number of para-hydroxylation sites is 5. The molecule has 2 aliphatic rings. The van der Waals surface area contributed by atoms with Crippen LogP contribution in [0.25, 0.3) is 165 Å². The summed E-state index contributed by atoms with van der Waals surface area (Å²) in [5.74, 6) is 0. The van der Waals surface area contributed by atoms with Gasteiger partial charge in [0, 0.05) is 43.7 Å². The highest BCUT2D eigenvalue weighted by Crippen LogP contribution is 2.58. The zero-order chi connectivity index (χ0) is 84.9. The monoisotopic (exact) mass is 1610 g/mol. The van der Waals surface area contributed by atoms with E-state index in [2.05, 4.69) is 456 Å². The summed E-state index contributed by atoms with van der Waals surface area (Å²) in [6.07, 6.45) is 6.47. The van der Waals surface area contributed by atoms with Gasteiger partial charge in [0.05, 0.1) is 34.1 Å². The molecule has 18 aromatic carbocycles. The summed E-state index contributed by atoms with van der Waals surface area (Å²) in [5, 5.41) is 14.2. The van der Waals surface area contributed by atoms with E-state index >= 15 is 0 Å². The van der Waals surface area contributed by atoms with Crippen LogP contribution < -0.4 is 9.80 Å². The van der Waals surface area contributed by atoms with Gasteiger partial charge in [-0.2, -0.15) is 0 Å². The van der Waals surface area contributed by atoms with Crippen LogP contribution in [0.5, 0.6) is 0 Å². The van der Waals surface area contributed by atoms with Gasteiger partial charge in [0.2, 0.25) is 0 Å². The van der Waals surface area contributed by atoms with Crippen LogP contribution in [-0.4, -0.2) is 0 Å². The van der Waals surface area contributed by atoms with Crippen LogP contribution in [0.3, 0.4) is 0 Å². The largest absolute Gasteiger partial charge is 0.454 e. The molecule has 0 saturated heterocycles. The Hall–Kier alpha value is -14.3. The number of nitrogens with zero attached hydrogens (tertiary/aromatic N) is 2. The summed E-state index contributed by atoms with van der Waals surface area (Å²) < 4.78 is 14.6. The lowest BCUT2D eigenvalue weighted by Gasteiger charge is -2.36. The van der Waals surface area contributed by atoms with Crippen molar-refractivity contribution in [2.24, 2.45) is 0 Å². The highest BCUT2D eigenvalue weighted by Gasteiger charge is 2.36. The van der Waals surface area contributed by atoms with E-state index < -0.39 is 5.41 Å². The molecule has 0 amide bonds. The summed E-state index contributed by atoms with van der Waals surface area (Å²) in [4.78, 5) is 5.01. The number of allylic oxidation sites excluding steroid dienone is 3. The van der Waals surface area contributed by atoms with Crippen LogP contribution in [-0.2, 0) is 28.1 Å². The Balaban J connectivity index is 0.744. The van der Waals surface area contributed by atoms with Gasteiger partial charge < -0.3 is 18.6 Å². The third-order valence-electron chi connectivity index (χ3n) is 27.1. The average Bonchev–Trinajstić information content (AvgIpc) is 1.22. The van der Waals surface area contributed by atoms with Crippen LogP contribution in [0.1, 0.15) is 127 Å². The second kappa shape index (κ2) is 29.5. The lowest BCUT2D eigenvalue weighted by atomic mass is 9.73. The highest BCUT2D eigenvalue weighted by molar-refractivity contribution is 6.34. The average molecular weight is 1610 g/mol. The molecule has 0 N–H and O–H groups in total. The molecule has 604 valence electrons. The van der Waals surface area contributed by atoms with Gasteiger partial charge in [-0.3, -0.25) is 0 Å². The van der Waals surface area contributed by atoms with Gasteiger partial charge >= 0.3 is 0 Å². The van der Waals surface area contributed by atoms with Gasteiger partial charge in [-0.05, 0) is 233 Å². The summed E-state index contributed by atoms with van der Waals surface area (Å²) in [7, 11) is 0. The number of benzene rings is 18. The normalized spacial score (nSPS) is 13.1. The first-order valence-corrected chi connectivity index (χ1v) is 44.3. The fraction of sp³-hybridized carbons (Fsp3) is 0.140. The number of hydrogen-bond acceptors (Lipinski definition) is 4. The third-order valence-corrected chi connectivity index (χ3v) is 27.1. The molecule has 4 nitrogen and oxygen atoms in total. The van der Waals surface area contributed by atoms with Gasteiger partial charge in [0.1, 0.15) is 11.2 Å². The van der Waals surface area contributed by atoms with Gasteiger partial charge in [0.15, 0.2) is 11.2 Å². The van der Waals surface area contributed by atoms with Gasteiger partial charge in [-0.25, -0.2) is 0 Å². The number of hydrogen-bond donors (Lipinski definition) is 0. The number of anilines is 5. The van der Waals surface area contributed by atoms with E-state index in [0.29, 0.717) is 0 Å². The Bertz CT molecular complexity index is 7810. The van der Waals surface area contributed by atoms with Gasteiger partial charge in [0.25, 0.3) is 0 Å². The van der Waals surface area contributed by atoms with Crippen LogP contribution >= 0.6 is 0 Å². The number of fused-ring (bicyclic) bond motifs is 9. The first-order valence-electron chi connectivity index (χ1n) is 44.3. The Kier molecular flexibility index (Phi) is 18.1. The Morgan fingerprint density at radius 2 is 0.640 bits per heavy atom. The van der Waals surface area contributed by atoms with E-state index in [1.807, 2.05) is 0 Å². The number of furan rings is 2. The Morgan fingerprint density at radius 3 is 1.18 bits per heavy atom. The quantitative estimate of drug-likeness (QED) is 0.102. The van der Waals surface area contributed by atoms with Crippen molar-refractivity contribution in [3.8, 4) is 66.8 Å². The molecular formula is C121H98N2O2. The number of rotatable bonds is 14. The van der Waals surface area contributed by atoms with Crippen molar-refractivity contribution in [2.45, 2.75) is 111 Å². The highest BCUT2D eigenvalue weighted by atomic mass is 16.3. The Morgan fingerprint density at radius 1 is 0.240 bits per heavy atom. The molecule has 2 aromatic heterocycles. The van der Waals surface area contributed by atoms with E-state index in [4.69, 9.17) is 8.83 Å². The molecule has 2 heterocycles. The fourth-order valence-electron chi connectivity index (χ4n) is 20.5. The summed E-state index contributed by atoms with van der Waals surface area (Å²) in [6.45, 7) is 25.8. The first kappa shape index (κ1) is 76.8. The Labute approximate surface area is 732 Å². The maximum atomic E-state index is 7.54. The zero-order valence-corrected chi connectivity index (χ0v) is 72.8. The fourth-order valence-corrected chi connectivity index (χ4v) is 20.5. The van der Waals surface area contributed by atoms with Crippen LogP contribution in [0, 0.1) is 0 Å². The molecule has 0 radical (unpaired) electrons. The lowest BCUT2D eigenvalue weighted by Crippen LogP contribution is -2.21. The lowest BCUT2D eigenvalue weighted by molar-refractivity contribution is 0.590. The minimum absolute atomic E-state index is 0.0421. The molecular weight excluding hydrogens is 1510 g/mol. The minimum Gasteiger partial charge on any atom is -0.454 e. The first-order chi connectivity index (χ1) is 60.7. The second-order valence-corrected chi connectivity index (χ2v) is 38.1. The molecule has 0 spiro atoms.